The summed E-state index contributed by atoms with van der Waals surface area (Å²) in [5, 5.41) is 9.66. The Bertz CT molecular complexity index is 666. The Morgan fingerprint density at radius 3 is 2.83 bits per heavy atom. The summed E-state index contributed by atoms with van der Waals surface area (Å²) in [6, 6.07) is -0.177. The summed E-state index contributed by atoms with van der Waals surface area (Å²) in [6.07, 6.45) is 2.43. The molecule has 8 heteroatoms. The highest BCUT2D eigenvalue weighted by Crippen LogP contribution is 2.31. The number of nitrogens with zero attached hydrogens (tertiary/aromatic N) is 5. The number of hydrogen-bond acceptors (Lipinski definition) is 6. The Labute approximate surface area is 140 Å². The van der Waals surface area contributed by atoms with E-state index in [9.17, 15) is 9.59 Å². The third-order valence-electron chi connectivity index (χ3n) is 4.41. The molecule has 2 aliphatic rings. The van der Waals surface area contributed by atoms with Crippen LogP contribution < -0.4 is 0 Å². The van der Waals surface area contributed by atoms with E-state index in [1.807, 2.05) is 20.8 Å². The number of hydrazone groups is 1. The number of rotatable bonds is 4. The van der Waals surface area contributed by atoms with E-state index in [1.165, 1.54) is 5.01 Å². The fraction of sp³-hybridized carbons (Fsp3) is 0.688. The van der Waals surface area contributed by atoms with Crippen LogP contribution in [0.4, 0.5) is 0 Å². The largest absolute Gasteiger partial charge is 0.339 e. The van der Waals surface area contributed by atoms with E-state index in [-0.39, 0.29) is 23.8 Å². The molecule has 0 saturated carbocycles. The van der Waals surface area contributed by atoms with E-state index in [1.54, 1.807) is 4.90 Å². The van der Waals surface area contributed by atoms with Crippen LogP contribution in [0.5, 0.6) is 0 Å². The summed E-state index contributed by atoms with van der Waals surface area (Å²) in [4.78, 5) is 30.8. The van der Waals surface area contributed by atoms with E-state index in [0.29, 0.717) is 43.4 Å². The molecule has 1 atom stereocenters. The first kappa shape index (κ1) is 16.6. The molecule has 2 aliphatic heterocycles. The van der Waals surface area contributed by atoms with Crippen molar-refractivity contribution in [3.63, 3.8) is 0 Å². The van der Waals surface area contributed by atoms with Gasteiger partial charge in [-0.3, -0.25) is 9.59 Å². The van der Waals surface area contributed by atoms with Crippen LogP contribution in [-0.2, 0) is 9.59 Å². The van der Waals surface area contributed by atoms with Gasteiger partial charge in [0.15, 0.2) is 5.82 Å². The second kappa shape index (κ2) is 6.70. The summed E-state index contributed by atoms with van der Waals surface area (Å²) >= 11 is 0. The monoisotopic (exact) mass is 333 g/mol. The van der Waals surface area contributed by atoms with Crippen LogP contribution in [0.3, 0.4) is 0 Å². The molecule has 1 saturated heterocycles. The molecule has 3 heterocycles. The van der Waals surface area contributed by atoms with E-state index in [2.05, 4.69) is 15.2 Å². The SMILES string of the molecule is CCN1N=C(C(=O)N2CCC[C@H]2c2noc(C(C)C)n2)CCC1=O. The van der Waals surface area contributed by atoms with Crippen LogP contribution in [0.15, 0.2) is 9.62 Å². The highest BCUT2D eigenvalue weighted by molar-refractivity contribution is 6.39. The van der Waals surface area contributed by atoms with Gasteiger partial charge in [-0.2, -0.15) is 10.1 Å². The number of carbonyl (C=O) groups is 2. The molecule has 1 aromatic rings. The van der Waals surface area contributed by atoms with E-state index in [0.717, 1.165) is 12.8 Å². The van der Waals surface area contributed by atoms with Crippen LogP contribution in [0.25, 0.3) is 0 Å². The van der Waals surface area contributed by atoms with Crippen LogP contribution in [0, 0.1) is 0 Å². The molecule has 3 rings (SSSR count). The smallest absolute Gasteiger partial charge is 0.270 e. The summed E-state index contributed by atoms with van der Waals surface area (Å²) in [7, 11) is 0. The lowest BCUT2D eigenvalue weighted by Gasteiger charge is -2.26. The molecule has 130 valence electrons. The molecule has 8 nitrogen and oxygen atoms in total. The number of amides is 2. The van der Waals surface area contributed by atoms with Gasteiger partial charge in [-0.05, 0) is 19.8 Å². The molecule has 0 bridgehead atoms. The van der Waals surface area contributed by atoms with Crippen molar-refractivity contribution in [3.05, 3.63) is 11.7 Å². The first-order chi connectivity index (χ1) is 11.5. The maximum Gasteiger partial charge on any atom is 0.270 e. The summed E-state index contributed by atoms with van der Waals surface area (Å²) in [5.41, 5.74) is 0.441. The lowest BCUT2D eigenvalue weighted by molar-refractivity contribution is -0.132. The summed E-state index contributed by atoms with van der Waals surface area (Å²) in [6.45, 7) is 6.94. The standard InChI is InChI=1S/C16H23N5O3/c1-4-21-13(22)8-7-11(18-21)16(23)20-9-5-6-12(20)14-17-15(10(2)3)24-19-14/h10,12H,4-9H2,1-3H3/t12-/m0/s1. The zero-order valence-electron chi connectivity index (χ0n) is 14.4. The highest BCUT2D eigenvalue weighted by atomic mass is 16.5. The zero-order chi connectivity index (χ0) is 17.3. The molecular formula is C16H23N5O3. The van der Waals surface area contributed by atoms with Gasteiger partial charge >= 0.3 is 0 Å². The van der Waals surface area contributed by atoms with Crippen molar-refractivity contribution in [3.8, 4) is 0 Å². The minimum atomic E-state index is -0.177. The average molecular weight is 333 g/mol. The molecule has 2 amide bonds. The van der Waals surface area contributed by atoms with E-state index in [4.69, 9.17) is 4.52 Å². The molecule has 0 radical (unpaired) electrons. The summed E-state index contributed by atoms with van der Waals surface area (Å²) in [5.74, 6) is 1.14. The van der Waals surface area contributed by atoms with Crippen molar-refractivity contribution in [2.24, 2.45) is 5.10 Å². The molecule has 0 spiro atoms. The Balaban J connectivity index is 1.79. The van der Waals surface area contributed by atoms with Crippen molar-refractivity contribution in [2.75, 3.05) is 13.1 Å². The van der Waals surface area contributed by atoms with Crippen molar-refractivity contribution in [2.45, 2.75) is 58.4 Å². The van der Waals surface area contributed by atoms with Gasteiger partial charge in [0, 0.05) is 31.8 Å². The van der Waals surface area contributed by atoms with Crippen molar-refractivity contribution in [1.29, 1.82) is 0 Å². The number of aromatic nitrogens is 2. The van der Waals surface area contributed by atoms with Crippen LogP contribution in [0.2, 0.25) is 0 Å². The van der Waals surface area contributed by atoms with Crippen LogP contribution >= 0.6 is 0 Å². The first-order valence-corrected chi connectivity index (χ1v) is 8.53. The molecule has 0 aromatic carbocycles. The average Bonchev–Trinajstić information content (AvgIpc) is 3.23. The second-order valence-electron chi connectivity index (χ2n) is 6.46. The highest BCUT2D eigenvalue weighted by Gasteiger charge is 2.36. The number of hydrogen-bond donors (Lipinski definition) is 0. The predicted molar refractivity (Wildman–Crippen MR) is 86.1 cm³/mol. The van der Waals surface area contributed by atoms with Gasteiger partial charge in [-0.25, -0.2) is 5.01 Å². The zero-order valence-corrected chi connectivity index (χ0v) is 14.4. The topological polar surface area (TPSA) is 91.9 Å². The Hall–Kier alpha value is -2.25. The van der Waals surface area contributed by atoms with Crippen LogP contribution in [-0.4, -0.2) is 50.7 Å². The first-order valence-electron chi connectivity index (χ1n) is 8.53. The van der Waals surface area contributed by atoms with E-state index < -0.39 is 0 Å². The van der Waals surface area contributed by atoms with Gasteiger partial charge in [0.05, 0.1) is 6.04 Å². The van der Waals surface area contributed by atoms with Gasteiger partial charge in [0.1, 0.15) is 5.71 Å². The van der Waals surface area contributed by atoms with Crippen molar-refractivity contribution >= 4 is 17.5 Å². The summed E-state index contributed by atoms with van der Waals surface area (Å²) < 4.78 is 5.28. The predicted octanol–water partition coefficient (Wildman–Crippen LogP) is 1.85. The lowest BCUT2D eigenvalue weighted by Crippen LogP contribution is -2.41. The third-order valence-corrected chi connectivity index (χ3v) is 4.41. The lowest BCUT2D eigenvalue weighted by atomic mass is 10.1. The number of likely N-dealkylation sites (tertiary alicyclic amines) is 1. The Morgan fingerprint density at radius 2 is 2.17 bits per heavy atom. The van der Waals surface area contributed by atoms with Crippen molar-refractivity contribution in [1.82, 2.24) is 20.0 Å². The Morgan fingerprint density at radius 1 is 1.38 bits per heavy atom. The van der Waals surface area contributed by atoms with Crippen molar-refractivity contribution < 1.29 is 14.1 Å². The fourth-order valence-electron chi connectivity index (χ4n) is 3.06. The molecule has 24 heavy (non-hydrogen) atoms. The molecule has 0 unspecified atom stereocenters. The molecule has 0 N–H and O–H groups in total. The van der Waals surface area contributed by atoms with Crippen LogP contribution in [0.1, 0.15) is 70.1 Å². The quantitative estimate of drug-likeness (QED) is 0.838. The maximum atomic E-state index is 12.9. The minimum Gasteiger partial charge on any atom is -0.339 e. The normalized spacial score (nSPS) is 21.6. The molecule has 1 aromatic heterocycles. The minimum absolute atomic E-state index is 0.0354. The van der Waals surface area contributed by atoms with E-state index >= 15 is 0 Å². The van der Waals surface area contributed by atoms with Gasteiger partial charge < -0.3 is 9.42 Å². The fourth-order valence-corrected chi connectivity index (χ4v) is 3.06. The molecular weight excluding hydrogens is 310 g/mol. The van der Waals surface area contributed by atoms with Gasteiger partial charge in [-0.15, -0.1) is 0 Å². The maximum absolute atomic E-state index is 12.9. The third kappa shape index (κ3) is 3.05. The molecule has 1 fully saturated rings. The molecule has 0 aliphatic carbocycles. The second-order valence-corrected chi connectivity index (χ2v) is 6.46. The Kier molecular flexibility index (Phi) is 4.64. The van der Waals surface area contributed by atoms with Gasteiger partial charge in [-0.1, -0.05) is 19.0 Å². The van der Waals surface area contributed by atoms with Gasteiger partial charge in [0.2, 0.25) is 11.8 Å². The number of carbonyl (C=O) groups excluding carboxylic acids is 2. The van der Waals surface area contributed by atoms with Gasteiger partial charge in [0.25, 0.3) is 5.91 Å².